The fourth-order valence-electron chi connectivity index (χ4n) is 7.85. The first-order valence-electron chi connectivity index (χ1n) is 16.4. The smallest absolute Gasteiger partial charge is 0.147 e. The molecular formula is C44H35N3. The fraction of sp³-hybridized carbons (Fsp3) is 0.114. The molecule has 3 nitrogen and oxygen atoms in total. The molecule has 1 aliphatic heterocycles. The van der Waals surface area contributed by atoms with Crippen molar-refractivity contribution < 1.29 is 0 Å². The number of para-hydroxylation sites is 1. The molecule has 0 radical (unpaired) electrons. The van der Waals surface area contributed by atoms with Gasteiger partial charge in [0.1, 0.15) is 6.17 Å². The summed E-state index contributed by atoms with van der Waals surface area (Å²) < 4.78 is 2.45. The number of aliphatic imine (C=N–C) groups is 1. The van der Waals surface area contributed by atoms with Crippen LogP contribution in [0.3, 0.4) is 0 Å². The van der Waals surface area contributed by atoms with Crippen LogP contribution in [0.4, 0.5) is 0 Å². The molecule has 0 saturated carbocycles. The minimum atomic E-state index is -0.184. The van der Waals surface area contributed by atoms with Gasteiger partial charge >= 0.3 is 0 Å². The lowest BCUT2D eigenvalue weighted by Gasteiger charge is -2.34. The van der Waals surface area contributed by atoms with Gasteiger partial charge in [-0.2, -0.15) is 0 Å². The van der Waals surface area contributed by atoms with Crippen LogP contribution in [0.1, 0.15) is 47.8 Å². The van der Waals surface area contributed by atoms with Gasteiger partial charge in [-0.25, -0.2) is 0 Å². The van der Waals surface area contributed by atoms with Gasteiger partial charge in [0.2, 0.25) is 0 Å². The lowest BCUT2D eigenvalue weighted by molar-refractivity contribution is 0.364. The van der Waals surface area contributed by atoms with Crippen LogP contribution in [0.5, 0.6) is 0 Å². The zero-order valence-electron chi connectivity index (χ0n) is 26.9. The van der Waals surface area contributed by atoms with Gasteiger partial charge in [-0.05, 0) is 75.4 Å². The van der Waals surface area contributed by atoms with Crippen molar-refractivity contribution in [3.63, 3.8) is 0 Å². The van der Waals surface area contributed by atoms with Crippen molar-refractivity contribution in [3.8, 4) is 16.8 Å². The second kappa shape index (κ2) is 10.4. The van der Waals surface area contributed by atoms with E-state index in [9.17, 15) is 0 Å². The van der Waals surface area contributed by atoms with Gasteiger partial charge in [0, 0.05) is 34.6 Å². The van der Waals surface area contributed by atoms with Gasteiger partial charge in [-0.3, -0.25) is 4.99 Å². The predicted molar refractivity (Wildman–Crippen MR) is 196 cm³/mol. The number of aromatic nitrogens is 1. The minimum Gasteiger partial charge on any atom is -0.349 e. The summed E-state index contributed by atoms with van der Waals surface area (Å²) >= 11 is 0. The highest BCUT2D eigenvalue weighted by molar-refractivity contribution is 6.13. The molecule has 0 spiro atoms. The molecule has 0 N–H and O–H groups in total. The molecule has 1 aromatic heterocycles. The van der Waals surface area contributed by atoms with Gasteiger partial charge in [0.15, 0.2) is 0 Å². The van der Waals surface area contributed by atoms with Gasteiger partial charge in [-0.15, -0.1) is 0 Å². The van der Waals surface area contributed by atoms with E-state index in [1.54, 1.807) is 0 Å². The van der Waals surface area contributed by atoms with E-state index in [-0.39, 0.29) is 11.6 Å². The van der Waals surface area contributed by atoms with Crippen molar-refractivity contribution in [1.29, 1.82) is 0 Å². The summed E-state index contributed by atoms with van der Waals surface area (Å²) in [6.07, 6.45) is 2.04. The third kappa shape index (κ3) is 4.23. The highest BCUT2D eigenvalue weighted by Crippen LogP contribution is 2.51. The van der Waals surface area contributed by atoms with Crippen LogP contribution in [0, 0.1) is 0 Å². The summed E-state index contributed by atoms with van der Waals surface area (Å²) in [5.74, 6) is 0. The first kappa shape index (κ1) is 27.6. The van der Waals surface area contributed by atoms with Crippen LogP contribution >= 0.6 is 0 Å². The Kier molecular flexibility index (Phi) is 6.13. The second-order valence-electron chi connectivity index (χ2n) is 13.3. The number of allylic oxidation sites excluding steroid dienone is 1. The van der Waals surface area contributed by atoms with Gasteiger partial charge in [0.05, 0.1) is 16.7 Å². The molecule has 0 saturated heterocycles. The van der Waals surface area contributed by atoms with E-state index >= 15 is 0 Å². The van der Waals surface area contributed by atoms with E-state index < -0.39 is 0 Å². The Morgan fingerprint density at radius 3 is 2.09 bits per heavy atom. The maximum absolute atomic E-state index is 5.37. The van der Waals surface area contributed by atoms with Crippen LogP contribution in [0.2, 0.25) is 0 Å². The number of hydrogen-bond donors (Lipinski definition) is 0. The highest BCUT2D eigenvalue weighted by Gasteiger charge is 2.36. The zero-order valence-corrected chi connectivity index (χ0v) is 26.9. The van der Waals surface area contributed by atoms with Crippen molar-refractivity contribution in [2.45, 2.75) is 25.4 Å². The zero-order chi connectivity index (χ0) is 31.7. The molecule has 0 amide bonds. The third-order valence-electron chi connectivity index (χ3n) is 10.2. The Balaban J connectivity index is 1.23. The molecule has 226 valence electrons. The van der Waals surface area contributed by atoms with Crippen molar-refractivity contribution in [2.75, 3.05) is 7.05 Å². The molecule has 7 aromatic rings. The lowest BCUT2D eigenvalue weighted by atomic mass is 9.82. The third-order valence-corrected chi connectivity index (χ3v) is 10.2. The van der Waals surface area contributed by atoms with Gasteiger partial charge < -0.3 is 9.47 Å². The molecule has 1 unspecified atom stereocenters. The average Bonchev–Trinajstić information content (AvgIpc) is 3.56. The van der Waals surface area contributed by atoms with Crippen LogP contribution in [0.25, 0.3) is 44.3 Å². The maximum atomic E-state index is 5.37. The van der Waals surface area contributed by atoms with E-state index in [2.05, 4.69) is 182 Å². The highest BCUT2D eigenvalue weighted by atomic mass is 15.2. The standard InChI is InChI=1S/C44H35N3/c1-44(2)37-23-12-10-21-33(37)35-26-36-34-22-11-13-24-40(34)47(42(36)27-38(35)44)32-20-14-19-31(25-32)43-45-39(29-15-6-4-7-16-29)28-41(46(43)3)30-17-8-5-9-18-30/h4-28,43H,1-3H3. The first-order valence-corrected chi connectivity index (χ1v) is 16.4. The van der Waals surface area contributed by atoms with Crippen LogP contribution < -0.4 is 0 Å². The first-order chi connectivity index (χ1) is 23.0. The largest absolute Gasteiger partial charge is 0.349 e. The van der Waals surface area contributed by atoms with E-state index in [0.29, 0.717) is 0 Å². The van der Waals surface area contributed by atoms with Crippen LogP contribution in [-0.2, 0) is 5.41 Å². The normalized spacial score (nSPS) is 16.6. The topological polar surface area (TPSA) is 20.5 Å². The van der Waals surface area contributed by atoms with Crippen LogP contribution in [-0.4, -0.2) is 22.2 Å². The minimum absolute atomic E-state index is 0.0726. The summed E-state index contributed by atoms with van der Waals surface area (Å²) in [7, 11) is 2.16. The SMILES string of the molecule is CN1C(c2ccccc2)=CC(c2ccccc2)=NC1c1cccc(-n2c3ccccc3c3cc4c(cc32)C(C)(C)c2ccccc2-4)c1. The Morgan fingerprint density at radius 2 is 1.28 bits per heavy atom. The number of benzene rings is 6. The molecule has 0 bridgehead atoms. The maximum Gasteiger partial charge on any atom is 0.147 e. The second-order valence-corrected chi connectivity index (χ2v) is 13.3. The molecule has 6 aromatic carbocycles. The van der Waals surface area contributed by atoms with Crippen LogP contribution in [0.15, 0.2) is 157 Å². The fourth-order valence-corrected chi connectivity index (χ4v) is 7.85. The predicted octanol–water partition coefficient (Wildman–Crippen LogP) is 10.6. The molecule has 2 aliphatic rings. The molecule has 0 fully saturated rings. The van der Waals surface area contributed by atoms with E-state index in [1.807, 2.05) is 0 Å². The average molecular weight is 606 g/mol. The number of rotatable bonds is 4. The molecule has 1 aliphatic carbocycles. The summed E-state index contributed by atoms with van der Waals surface area (Å²) in [4.78, 5) is 7.68. The van der Waals surface area contributed by atoms with Crippen molar-refractivity contribution in [1.82, 2.24) is 9.47 Å². The molecule has 9 rings (SSSR count). The Morgan fingerprint density at radius 1 is 0.574 bits per heavy atom. The monoisotopic (exact) mass is 605 g/mol. The molecule has 2 heterocycles. The van der Waals surface area contributed by atoms with E-state index in [4.69, 9.17) is 4.99 Å². The number of hydrogen-bond acceptors (Lipinski definition) is 2. The Labute approximate surface area is 275 Å². The van der Waals surface area contributed by atoms with Gasteiger partial charge in [0.25, 0.3) is 0 Å². The Bertz CT molecular complexity index is 2390. The molecule has 3 heteroatoms. The number of nitrogens with zero attached hydrogens (tertiary/aromatic N) is 3. The van der Waals surface area contributed by atoms with E-state index in [0.717, 1.165) is 28.2 Å². The van der Waals surface area contributed by atoms with Crippen molar-refractivity contribution in [3.05, 3.63) is 179 Å². The van der Waals surface area contributed by atoms with Crippen molar-refractivity contribution >= 4 is 33.2 Å². The summed E-state index contributed by atoms with van der Waals surface area (Å²) in [5.41, 5.74) is 14.6. The lowest BCUT2D eigenvalue weighted by Crippen LogP contribution is -2.27. The van der Waals surface area contributed by atoms with Gasteiger partial charge in [-0.1, -0.05) is 129 Å². The molecule has 47 heavy (non-hydrogen) atoms. The quantitative estimate of drug-likeness (QED) is 0.195. The van der Waals surface area contributed by atoms with E-state index in [1.165, 1.54) is 49.6 Å². The summed E-state index contributed by atoms with van der Waals surface area (Å²) in [6, 6.07) is 52.7. The summed E-state index contributed by atoms with van der Waals surface area (Å²) in [5, 5.41) is 2.55. The Hall–Kier alpha value is -5.67. The number of fused-ring (bicyclic) bond motifs is 6. The molecular weight excluding hydrogens is 571 g/mol. The van der Waals surface area contributed by atoms with Crippen molar-refractivity contribution in [2.24, 2.45) is 4.99 Å². The molecule has 1 atom stereocenters. The summed E-state index contributed by atoms with van der Waals surface area (Å²) in [6.45, 7) is 4.71.